The number of ether oxygens (including phenoxy) is 1. The van der Waals surface area contributed by atoms with E-state index in [1.165, 1.54) is 12.3 Å². The van der Waals surface area contributed by atoms with E-state index < -0.39 is 0 Å². The summed E-state index contributed by atoms with van der Waals surface area (Å²) in [5.74, 6) is 0.340. The Morgan fingerprint density at radius 3 is 2.88 bits per heavy atom. The Labute approximate surface area is 98.2 Å². The molecule has 1 saturated carbocycles. The van der Waals surface area contributed by atoms with Crippen LogP contribution in [0.3, 0.4) is 0 Å². The quantitative estimate of drug-likeness (QED) is 0.829. The Bertz CT molecular complexity index is 496. The average Bonchev–Trinajstić information content (AvgIpc) is 3.08. The van der Waals surface area contributed by atoms with Gasteiger partial charge in [0.2, 0.25) is 11.2 Å². The second-order valence-electron chi connectivity index (χ2n) is 4.36. The summed E-state index contributed by atoms with van der Waals surface area (Å²) in [6.45, 7) is 0.0533. The van der Waals surface area contributed by atoms with Crippen molar-refractivity contribution in [3.8, 4) is 11.8 Å². The first-order valence-corrected chi connectivity index (χ1v) is 5.41. The van der Waals surface area contributed by atoms with Gasteiger partial charge in [-0.1, -0.05) is 0 Å². The number of hydrogen-bond acceptors (Lipinski definition) is 5. The van der Waals surface area contributed by atoms with Gasteiger partial charge in [-0.05, 0) is 12.8 Å². The number of aliphatic hydroxyl groups excluding tert-OH is 1. The molecule has 0 saturated heterocycles. The van der Waals surface area contributed by atoms with Gasteiger partial charge in [0.05, 0.1) is 12.7 Å². The maximum Gasteiger partial charge on any atom is 0.227 e. The lowest BCUT2D eigenvalue weighted by atomic mass is 10.1. The van der Waals surface area contributed by atoms with E-state index >= 15 is 0 Å². The molecule has 1 N–H and O–H groups in total. The molecule has 0 aromatic carbocycles. The lowest BCUT2D eigenvalue weighted by molar-refractivity contribution is 0.217. The molecular weight excluding hydrogens is 222 g/mol. The molecule has 0 atom stereocenters. The van der Waals surface area contributed by atoms with Crippen molar-refractivity contribution in [3.63, 3.8) is 0 Å². The number of aliphatic hydroxyl groups is 1. The van der Waals surface area contributed by atoms with Gasteiger partial charge >= 0.3 is 0 Å². The maximum absolute atomic E-state index is 11.5. The van der Waals surface area contributed by atoms with Crippen LogP contribution in [0.15, 0.2) is 21.5 Å². The highest BCUT2D eigenvalue weighted by Crippen LogP contribution is 2.48. The van der Waals surface area contributed by atoms with Crippen LogP contribution in [0.2, 0.25) is 0 Å². The summed E-state index contributed by atoms with van der Waals surface area (Å²) in [6.07, 6.45) is 3.57. The Balaban J connectivity index is 2.00. The second kappa shape index (κ2) is 4.60. The van der Waals surface area contributed by atoms with Crippen molar-refractivity contribution in [1.82, 2.24) is 0 Å². The summed E-state index contributed by atoms with van der Waals surface area (Å²) in [7, 11) is 0. The summed E-state index contributed by atoms with van der Waals surface area (Å²) < 4.78 is 10.4. The van der Waals surface area contributed by atoms with Crippen LogP contribution < -0.4 is 10.2 Å². The molecule has 0 aliphatic heterocycles. The van der Waals surface area contributed by atoms with Crippen molar-refractivity contribution in [2.75, 3.05) is 6.61 Å². The van der Waals surface area contributed by atoms with Crippen molar-refractivity contribution in [3.05, 3.63) is 28.3 Å². The topological polar surface area (TPSA) is 83.5 Å². The van der Waals surface area contributed by atoms with Gasteiger partial charge in [-0.2, -0.15) is 5.26 Å². The normalized spacial score (nSPS) is 16.2. The lowest BCUT2D eigenvalue weighted by Gasteiger charge is -2.11. The van der Waals surface area contributed by atoms with Gasteiger partial charge < -0.3 is 14.3 Å². The van der Waals surface area contributed by atoms with Crippen molar-refractivity contribution in [1.29, 1.82) is 5.26 Å². The molecule has 5 nitrogen and oxygen atoms in total. The van der Waals surface area contributed by atoms with Gasteiger partial charge in [0.25, 0.3) is 0 Å². The minimum Gasteiger partial charge on any atom is -0.486 e. The van der Waals surface area contributed by atoms with Crippen molar-refractivity contribution >= 4 is 0 Å². The van der Waals surface area contributed by atoms with E-state index in [4.69, 9.17) is 19.5 Å². The molecule has 0 unspecified atom stereocenters. The molecule has 1 aromatic rings. The van der Waals surface area contributed by atoms with Crippen LogP contribution in [0.5, 0.6) is 5.75 Å². The smallest absolute Gasteiger partial charge is 0.227 e. The van der Waals surface area contributed by atoms with Gasteiger partial charge in [0.1, 0.15) is 18.6 Å². The lowest BCUT2D eigenvalue weighted by Crippen LogP contribution is -2.16. The number of rotatable bonds is 5. The summed E-state index contributed by atoms with van der Waals surface area (Å²) in [6, 6.07) is 3.33. The maximum atomic E-state index is 11.5. The molecule has 5 heteroatoms. The fraction of sp³-hybridized carbons (Fsp3) is 0.500. The van der Waals surface area contributed by atoms with Crippen LogP contribution in [0.25, 0.3) is 0 Å². The third-order valence-electron chi connectivity index (χ3n) is 2.95. The largest absolute Gasteiger partial charge is 0.486 e. The van der Waals surface area contributed by atoms with Gasteiger partial charge in [0.15, 0.2) is 0 Å². The SMILES string of the molecule is N#CCC1(COc2coc(CO)cc2=O)CC1. The molecule has 1 aliphatic carbocycles. The molecule has 17 heavy (non-hydrogen) atoms. The predicted molar refractivity (Wildman–Crippen MR) is 58.3 cm³/mol. The van der Waals surface area contributed by atoms with E-state index in [1.807, 2.05) is 0 Å². The van der Waals surface area contributed by atoms with E-state index in [-0.39, 0.29) is 29.0 Å². The predicted octanol–water partition coefficient (Wildman–Crippen LogP) is 1.20. The van der Waals surface area contributed by atoms with Gasteiger partial charge in [-0.25, -0.2) is 0 Å². The fourth-order valence-electron chi connectivity index (χ4n) is 1.57. The van der Waals surface area contributed by atoms with Gasteiger partial charge in [0, 0.05) is 17.9 Å². The van der Waals surface area contributed by atoms with Crippen LogP contribution in [0.1, 0.15) is 25.0 Å². The molecular formula is C12H13NO4. The van der Waals surface area contributed by atoms with Gasteiger partial charge in [-0.3, -0.25) is 4.79 Å². The first-order chi connectivity index (χ1) is 8.19. The highest BCUT2D eigenvalue weighted by molar-refractivity contribution is 5.18. The summed E-state index contributed by atoms with van der Waals surface area (Å²) in [5, 5.41) is 17.4. The zero-order valence-electron chi connectivity index (χ0n) is 9.31. The standard InChI is InChI=1S/C12H13NO4/c13-4-3-12(1-2-12)8-17-11-7-16-9(6-14)5-10(11)15/h5,7,14H,1-3,6,8H2. The third kappa shape index (κ3) is 2.66. The fourth-order valence-corrected chi connectivity index (χ4v) is 1.57. The summed E-state index contributed by atoms with van der Waals surface area (Å²) >= 11 is 0. The second-order valence-corrected chi connectivity index (χ2v) is 4.36. The average molecular weight is 235 g/mol. The highest BCUT2D eigenvalue weighted by Gasteiger charge is 2.43. The minimum atomic E-state index is -0.312. The summed E-state index contributed by atoms with van der Waals surface area (Å²) in [5.41, 5.74) is -0.385. The Morgan fingerprint density at radius 1 is 1.59 bits per heavy atom. The van der Waals surface area contributed by atoms with Crippen molar-refractivity contribution in [2.45, 2.75) is 25.9 Å². The Morgan fingerprint density at radius 2 is 2.35 bits per heavy atom. The minimum absolute atomic E-state index is 0.0726. The van der Waals surface area contributed by atoms with E-state index in [2.05, 4.69) is 6.07 Å². The van der Waals surface area contributed by atoms with Crippen LogP contribution >= 0.6 is 0 Å². The zero-order valence-corrected chi connectivity index (χ0v) is 9.31. The molecule has 1 aliphatic rings. The zero-order chi connectivity index (χ0) is 12.3. The van der Waals surface area contributed by atoms with Gasteiger partial charge in [-0.15, -0.1) is 0 Å². The molecule has 90 valence electrons. The third-order valence-corrected chi connectivity index (χ3v) is 2.95. The first-order valence-electron chi connectivity index (χ1n) is 5.41. The molecule has 2 rings (SSSR count). The van der Waals surface area contributed by atoms with Crippen LogP contribution in [0.4, 0.5) is 0 Å². The van der Waals surface area contributed by atoms with Crippen molar-refractivity contribution < 1.29 is 14.3 Å². The van der Waals surface area contributed by atoms with E-state index in [1.54, 1.807) is 0 Å². The number of hydrogen-bond donors (Lipinski definition) is 1. The van der Waals surface area contributed by atoms with Crippen LogP contribution in [-0.4, -0.2) is 11.7 Å². The molecule has 1 heterocycles. The van der Waals surface area contributed by atoms with E-state index in [0.717, 1.165) is 12.8 Å². The van der Waals surface area contributed by atoms with E-state index in [0.29, 0.717) is 13.0 Å². The highest BCUT2D eigenvalue weighted by atomic mass is 16.5. The van der Waals surface area contributed by atoms with Crippen molar-refractivity contribution in [2.24, 2.45) is 5.41 Å². The number of nitriles is 1. The monoisotopic (exact) mass is 235 g/mol. The summed E-state index contributed by atoms with van der Waals surface area (Å²) in [4.78, 5) is 11.5. The van der Waals surface area contributed by atoms with Crippen LogP contribution in [0, 0.1) is 16.7 Å². The molecule has 0 radical (unpaired) electrons. The Hall–Kier alpha value is -1.80. The molecule has 0 spiro atoms. The van der Waals surface area contributed by atoms with E-state index in [9.17, 15) is 4.79 Å². The molecule has 0 bridgehead atoms. The molecule has 1 fully saturated rings. The molecule has 0 amide bonds. The first kappa shape index (κ1) is 11.7. The number of nitrogens with zero attached hydrogens (tertiary/aromatic N) is 1. The Kier molecular flexibility index (Phi) is 3.16. The van der Waals surface area contributed by atoms with Crippen LogP contribution in [-0.2, 0) is 6.61 Å². The molecule has 1 aromatic heterocycles.